The first kappa shape index (κ1) is 11.5. The van der Waals surface area contributed by atoms with Gasteiger partial charge in [0.15, 0.2) is 0 Å². The van der Waals surface area contributed by atoms with Crippen LogP contribution in [0.25, 0.3) is 0 Å². The van der Waals surface area contributed by atoms with E-state index in [1.165, 1.54) is 5.56 Å². The van der Waals surface area contributed by atoms with E-state index in [0.29, 0.717) is 5.02 Å². The fraction of sp³-hybridized carbons (Fsp3) is 0.154. The SMILES string of the molecule is Cc1cc(Cl)cnc1SCc1ccccc1. The van der Waals surface area contributed by atoms with Gasteiger partial charge in [-0.15, -0.1) is 11.8 Å². The molecule has 0 aliphatic carbocycles. The maximum atomic E-state index is 5.86. The highest BCUT2D eigenvalue weighted by Gasteiger charge is 2.02. The molecule has 0 aliphatic rings. The predicted octanol–water partition coefficient (Wildman–Crippen LogP) is 4.34. The van der Waals surface area contributed by atoms with Crippen molar-refractivity contribution in [2.24, 2.45) is 0 Å². The standard InChI is InChI=1S/C13H12ClNS/c1-10-7-12(14)8-15-13(10)16-9-11-5-3-2-4-6-11/h2-8H,9H2,1H3. The van der Waals surface area contributed by atoms with E-state index < -0.39 is 0 Å². The topological polar surface area (TPSA) is 12.9 Å². The van der Waals surface area contributed by atoms with Crippen molar-refractivity contribution in [1.29, 1.82) is 0 Å². The lowest BCUT2D eigenvalue weighted by molar-refractivity contribution is 1.08. The van der Waals surface area contributed by atoms with Crippen LogP contribution in [0, 0.1) is 6.92 Å². The Morgan fingerprint density at radius 1 is 1.25 bits per heavy atom. The van der Waals surface area contributed by atoms with Crippen molar-refractivity contribution in [1.82, 2.24) is 4.98 Å². The van der Waals surface area contributed by atoms with Crippen LogP contribution >= 0.6 is 23.4 Å². The molecule has 0 bridgehead atoms. The Labute approximate surface area is 105 Å². The van der Waals surface area contributed by atoms with Crippen LogP contribution in [0.4, 0.5) is 0 Å². The molecule has 0 amide bonds. The number of halogens is 1. The van der Waals surface area contributed by atoms with E-state index in [2.05, 4.69) is 29.2 Å². The molecule has 0 atom stereocenters. The zero-order valence-electron chi connectivity index (χ0n) is 8.98. The van der Waals surface area contributed by atoms with Crippen molar-refractivity contribution >= 4 is 23.4 Å². The fourth-order valence-corrected chi connectivity index (χ4v) is 2.53. The largest absolute Gasteiger partial charge is 0.248 e. The van der Waals surface area contributed by atoms with Crippen LogP contribution in [0.5, 0.6) is 0 Å². The minimum absolute atomic E-state index is 0.696. The van der Waals surface area contributed by atoms with Gasteiger partial charge in [-0.2, -0.15) is 0 Å². The minimum Gasteiger partial charge on any atom is -0.248 e. The summed E-state index contributed by atoms with van der Waals surface area (Å²) in [5.74, 6) is 0.941. The number of nitrogens with zero attached hydrogens (tertiary/aromatic N) is 1. The molecule has 0 N–H and O–H groups in total. The van der Waals surface area contributed by atoms with Gasteiger partial charge in [-0.1, -0.05) is 41.9 Å². The van der Waals surface area contributed by atoms with E-state index in [1.54, 1.807) is 18.0 Å². The predicted molar refractivity (Wildman–Crippen MR) is 70.0 cm³/mol. The van der Waals surface area contributed by atoms with Gasteiger partial charge >= 0.3 is 0 Å². The normalized spacial score (nSPS) is 10.4. The summed E-state index contributed by atoms with van der Waals surface area (Å²) in [6.07, 6.45) is 1.70. The van der Waals surface area contributed by atoms with Gasteiger partial charge in [0.1, 0.15) is 0 Å². The van der Waals surface area contributed by atoms with Gasteiger partial charge in [0, 0.05) is 11.9 Å². The Balaban J connectivity index is 2.05. The molecule has 2 aromatic rings. The second kappa shape index (κ2) is 5.37. The van der Waals surface area contributed by atoms with Gasteiger partial charge in [0.2, 0.25) is 0 Å². The summed E-state index contributed by atoms with van der Waals surface area (Å²) in [5.41, 5.74) is 2.44. The average molecular weight is 250 g/mol. The molecule has 1 aromatic carbocycles. The third kappa shape index (κ3) is 3.00. The van der Waals surface area contributed by atoms with Crippen molar-refractivity contribution in [2.45, 2.75) is 17.7 Å². The molecule has 0 saturated heterocycles. The first-order chi connectivity index (χ1) is 7.75. The first-order valence-electron chi connectivity index (χ1n) is 5.04. The molecule has 1 heterocycles. The average Bonchev–Trinajstić information content (AvgIpc) is 2.29. The number of hydrogen-bond donors (Lipinski definition) is 0. The summed E-state index contributed by atoms with van der Waals surface area (Å²) in [6, 6.07) is 12.3. The Hall–Kier alpha value is -0.990. The van der Waals surface area contributed by atoms with E-state index in [-0.39, 0.29) is 0 Å². The molecule has 0 fully saturated rings. The van der Waals surface area contributed by atoms with Gasteiger partial charge in [0.05, 0.1) is 10.0 Å². The lowest BCUT2D eigenvalue weighted by Crippen LogP contribution is -1.86. The summed E-state index contributed by atoms with van der Waals surface area (Å²) in [4.78, 5) is 4.32. The molecule has 0 saturated carbocycles. The molecular formula is C13H12ClNS. The van der Waals surface area contributed by atoms with E-state index in [1.807, 2.05) is 19.1 Å². The van der Waals surface area contributed by atoms with Crippen LogP contribution in [0.3, 0.4) is 0 Å². The molecule has 0 aliphatic heterocycles. The van der Waals surface area contributed by atoms with Crippen LogP contribution in [0.2, 0.25) is 5.02 Å². The van der Waals surface area contributed by atoms with Gasteiger partial charge in [-0.3, -0.25) is 0 Å². The molecule has 3 heteroatoms. The number of aromatic nitrogens is 1. The number of rotatable bonds is 3. The van der Waals surface area contributed by atoms with Crippen LogP contribution in [-0.4, -0.2) is 4.98 Å². The number of thioether (sulfide) groups is 1. The van der Waals surface area contributed by atoms with E-state index in [0.717, 1.165) is 16.3 Å². The molecule has 0 unspecified atom stereocenters. The third-order valence-electron chi connectivity index (χ3n) is 2.22. The monoisotopic (exact) mass is 249 g/mol. The molecule has 0 radical (unpaired) electrons. The number of benzene rings is 1. The van der Waals surface area contributed by atoms with E-state index >= 15 is 0 Å². The Kier molecular flexibility index (Phi) is 3.86. The summed E-state index contributed by atoms with van der Waals surface area (Å²) >= 11 is 7.60. The van der Waals surface area contributed by atoms with Crippen molar-refractivity contribution in [3.05, 3.63) is 58.7 Å². The maximum absolute atomic E-state index is 5.86. The summed E-state index contributed by atoms with van der Waals surface area (Å²) in [6.45, 7) is 2.03. The van der Waals surface area contributed by atoms with Crippen LogP contribution in [-0.2, 0) is 5.75 Å². The van der Waals surface area contributed by atoms with E-state index in [4.69, 9.17) is 11.6 Å². The van der Waals surface area contributed by atoms with Crippen molar-refractivity contribution in [2.75, 3.05) is 0 Å². The fourth-order valence-electron chi connectivity index (χ4n) is 1.40. The van der Waals surface area contributed by atoms with Crippen LogP contribution < -0.4 is 0 Å². The van der Waals surface area contributed by atoms with E-state index in [9.17, 15) is 0 Å². The molecule has 1 nitrogen and oxygen atoms in total. The van der Waals surface area contributed by atoms with Crippen LogP contribution in [0.1, 0.15) is 11.1 Å². The quantitative estimate of drug-likeness (QED) is 0.751. The minimum atomic E-state index is 0.696. The molecule has 82 valence electrons. The highest BCUT2D eigenvalue weighted by Crippen LogP contribution is 2.25. The number of hydrogen-bond acceptors (Lipinski definition) is 2. The second-order valence-electron chi connectivity index (χ2n) is 3.55. The number of aryl methyl sites for hydroxylation is 1. The van der Waals surface area contributed by atoms with Gasteiger partial charge in [0.25, 0.3) is 0 Å². The van der Waals surface area contributed by atoms with Crippen molar-refractivity contribution < 1.29 is 0 Å². The zero-order chi connectivity index (χ0) is 11.4. The Bertz CT molecular complexity index is 471. The lowest BCUT2D eigenvalue weighted by Gasteiger charge is -2.04. The van der Waals surface area contributed by atoms with Crippen molar-refractivity contribution in [3.8, 4) is 0 Å². The van der Waals surface area contributed by atoms with Gasteiger partial charge < -0.3 is 0 Å². The van der Waals surface area contributed by atoms with Crippen LogP contribution in [0.15, 0.2) is 47.6 Å². The molecule has 0 spiro atoms. The molecule has 16 heavy (non-hydrogen) atoms. The summed E-state index contributed by atoms with van der Waals surface area (Å²) in [5, 5.41) is 1.75. The Morgan fingerprint density at radius 3 is 2.69 bits per heavy atom. The first-order valence-corrected chi connectivity index (χ1v) is 6.41. The molecule has 2 rings (SSSR count). The smallest absolute Gasteiger partial charge is 0.0993 e. The molecular weight excluding hydrogens is 238 g/mol. The molecule has 1 aromatic heterocycles. The zero-order valence-corrected chi connectivity index (χ0v) is 10.6. The summed E-state index contributed by atoms with van der Waals surface area (Å²) in [7, 11) is 0. The van der Waals surface area contributed by atoms with Gasteiger partial charge in [-0.05, 0) is 24.1 Å². The highest BCUT2D eigenvalue weighted by molar-refractivity contribution is 7.98. The second-order valence-corrected chi connectivity index (χ2v) is 4.95. The number of pyridine rings is 1. The summed E-state index contributed by atoms with van der Waals surface area (Å²) < 4.78 is 0. The highest BCUT2D eigenvalue weighted by atomic mass is 35.5. The Morgan fingerprint density at radius 2 is 2.00 bits per heavy atom. The van der Waals surface area contributed by atoms with Gasteiger partial charge in [-0.25, -0.2) is 4.98 Å². The lowest BCUT2D eigenvalue weighted by atomic mass is 10.2. The third-order valence-corrected chi connectivity index (χ3v) is 3.60. The maximum Gasteiger partial charge on any atom is 0.0993 e. The van der Waals surface area contributed by atoms with Crippen molar-refractivity contribution in [3.63, 3.8) is 0 Å².